The Morgan fingerprint density at radius 1 is 0.902 bits per heavy atom. The van der Waals surface area contributed by atoms with Gasteiger partial charge in [-0.15, -0.1) is 0 Å². The topological polar surface area (TPSA) is 89.8 Å². The molecule has 2 heterocycles. The Morgan fingerprint density at radius 2 is 1.54 bits per heavy atom. The Hall–Kier alpha value is -3.92. The lowest BCUT2D eigenvalue weighted by Gasteiger charge is -2.37. The second-order valence-corrected chi connectivity index (χ2v) is 11.4. The first-order chi connectivity index (χ1) is 19.9. The molecule has 1 saturated carbocycles. The fourth-order valence-corrected chi connectivity index (χ4v) is 6.14. The first kappa shape index (κ1) is 28.6. The highest BCUT2D eigenvalue weighted by Gasteiger charge is 2.40. The van der Waals surface area contributed by atoms with Gasteiger partial charge in [0.15, 0.2) is 5.16 Å². The predicted octanol–water partition coefficient (Wildman–Crippen LogP) is 5.46. The lowest BCUT2D eigenvalue weighted by molar-refractivity contribution is -0.134. The molecule has 0 bridgehead atoms. The summed E-state index contributed by atoms with van der Waals surface area (Å²) in [5.41, 5.74) is 1.96. The molecule has 0 unspecified atom stereocenters. The van der Waals surface area contributed by atoms with Gasteiger partial charge < -0.3 is 9.88 Å². The molecular weight excluding hydrogens is 544 g/mol. The lowest BCUT2D eigenvalue weighted by Crippen LogP contribution is -2.45. The van der Waals surface area contributed by atoms with Crippen LogP contribution in [-0.2, 0) is 30.1 Å². The zero-order chi connectivity index (χ0) is 28.7. The zero-order valence-electron chi connectivity index (χ0n) is 22.6. The van der Waals surface area contributed by atoms with Crippen LogP contribution in [0.1, 0.15) is 54.4 Å². The van der Waals surface area contributed by atoms with E-state index in [0.717, 1.165) is 36.0 Å². The van der Waals surface area contributed by atoms with Crippen molar-refractivity contribution in [2.45, 2.75) is 62.5 Å². The minimum Gasteiger partial charge on any atom is -0.351 e. The van der Waals surface area contributed by atoms with E-state index < -0.39 is 5.41 Å². The quantitative estimate of drug-likeness (QED) is 0.200. The summed E-state index contributed by atoms with van der Waals surface area (Å²) in [5, 5.41) is 3.59. The molecule has 212 valence electrons. The van der Waals surface area contributed by atoms with Crippen molar-refractivity contribution in [2.24, 2.45) is 5.41 Å². The number of hydrogen-bond donors (Lipinski definition) is 1. The molecule has 10 heteroatoms. The Kier molecular flexibility index (Phi) is 9.18. The molecule has 0 spiro atoms. The minimum atomic E-state index is -0.687. The monoisotopic (exact) mass is 575 g/mol. The molecule has 1 N–H and O–H groups in total. The Balaban J connectivity index is 1.44. The predicted molar refractivity (Wildman–Crippen MR) is 153 cm³/mol. The average molecular weight is 576 g/mol. The van der Waals surface area contributed by atoms with Crippen LogP contribution >= 0.6 is 11.8 Å². The third-order valence-electron chi connectivity index (χ3n) is 7.45. The van der Waals surface area contributed by atoms with Crippen molar-refractivity contribution in [3.8, 4) is 0 Å². The van der Waals surface area contributed by atoms with E-state index in [2.05, 4.69) is 20.3 Å². The molecule has 0 radical (unpaired) electrons. The fourth-order valence-electron chi connectivity index (χ4n) is 5.22. The summed E-state index contributed by atoms with van der Waals surface area (Å²) in [4.78, 5) is 39.5. The van der Waals surface area contributed by atoms with Crippen LogP contribution in [0.4, 0.5) is 8.78 Å². The SMILES string of the molecule is O=C(NCc1ccc(F)cc1)C1(Cn2cc(Cc3cncnc3)c(=O)nc2SCc2ccc(F)cc2)CCCCC1. The van der Waals surface area contributed by atoms with Gasteiger partial charge in [-0.1, -0.05) is 55.3 Å². The number of nitrogens with zero attached hydrogens (tertiary/aromatic N) is 4. The van der Waals surface area contributed by atoms with Gasteiger partial charge in [-0.25, -0.2) is 18.7 Å². The molecule has 4 aromatic rings. The van der Waals surface area contributed by atoms with Crippen LogP contribution in [0.3, 0.4) is 0 Å². The molecule has 1 aliphatic carbocycles. The third kappa shape index (κ3) is 7.43. The summed E-state index contributed by atoms with van der Waals surface area (Å²) < 4.78 is 28.7. The first-order valence-corrected chi connectivity index (χ1v) is 14.6. The van der Waals surface area contributed by atoms with E-state index in [1.807, 2.05) is 4.57 Å². The number of amides is 1. The van der Waals surface area contributed by atoms with Gasteiger partial charge in [0.2, 0.25) is 5.91 Å². The van der Waals surface area contributed by atoms with E-state index in [9.17, 15) is 18.4 Å². The van der Waals surface area contributed by atoms with Crippen LogP contribution < -0.4 is 10.9 Å². The maximum atomic E-state index is 13.8. The number of nitrogens with one attached hydrogen (secondary N) is 1. The first-order valence-electron chi connectivity index (χ1n) is 13.6. The molecule has 1 amide bonds. The van der Waals surface area contributed by atoms with Crippen molar-refractivity contribution in [3.05, 3.63) is 118 Å². The van der Waals surface area contributed by atoms with Crippen LogP contribution in [0.25, 0.3) is 0 Å². The minimum absolute atomic E-state index is 0.0623. The van der Waals surface area contributed by atoms with E-state index in [1.165, 1.54) is 42.4 Å². The van der Waals surface area contributed by atoms with Crippen LogP contribution in [0.2, 0.25) is 0 Å². The van der Waals surface area contributed by atoms with Crippen molar-refractivity contribution in [1.82, 2.24) is 24.8 Å². The van der Waals surface area contributed by atoms with Gasteiger partial charge in [-0.2, -0.15) is 4.98 Å². The summed E-state index contributed by atoms with van der Waals surface area (Å²) in [6.45, 7) is 0.661. The largest absolute Gasteiger partial charge is 0.351 e. The van der Waals surface area contributed by atoms with E-state index in [-0.39, 0.29) is 23.1 Å². The van der Waals surface area contributed by atoms with Crippen molar-refractivity contribution in [2.75, 3.05) is 0 Å². The molecule has 2 aromatic heterocycles. The summed E-state index contributed by atoms with van der Waals surface area (Å²) in [6.07, 6.45) is 11.2. The van der Waals surface area contributed by atoms with Gasteiger partial charge in [0.25, 0.3) is 5.56 Å². The van der Waals surface area contributed by atoms with Crippen LogP contribution in [0.15, 0.2) is 83.4 Å². The number of carbonyl (C=O) groups is 1. The molecule has 7 nitrogen and oxygen atoms in total. The summed E-state index contributed by atoms with van der Waals surface area (Å²) >= 11 is 1.38. The number of rotatable bonds is 10. The van der Waals surface area contributed by atoms with Gasteiger partial charge in [-0.05, 0) is 53.8 Å². The highest BCUT2D eigenvalue weighted by molar-refractivity contribution is 7.98. The number of hydrogen-bond acceptors (Lipinski definition) is 6. The summed E-state index contributed by atoms with van der Waals surface area (Å²) in [7, 11) is 0. The number of aromatic nitrogens is 4. The summed E-state index contributed by atoms with van der Waals surface area (Å²) in [6, 6.07) is 12.3. The van der Waals surface area contributed by atoms with Gasteiger partial charge >= 0.3 is 0 Å². The molecule has 1 aliphatic rings. The molecule has 41 heavy (non-hydrogen) atoms. The number of halogens is 2. The van der Waals surface area contributed by atoms with Crippen molar-refractivity contribution in [1.29, 1.82) is 0 Å². The molecule has 0 saturated heterocycles. The molecular formula is C31H31F2N5O2S. The highest BCUT2D eigenvalue weighted by atomic mass is 32.2. The third-order valence-corrected chi connectivity index (χ3v) is 8.51. The number of thioether (sulfide) groups is 1. The van der Waals surface area contributed by atoms with Crippen LogP contribution in [-0.4, -0.2) is 25.4 Å². The highest BCUT2D eigenvalue weighted by Crippen LogP contribution is 2.39. The maximum absolute atomic E-state index is 13.8. The summed E-state index contributed by atoms with van der Waals surface area (Å²) in [5.74, 6) is -0.206. The standard InChI is InChI=1S/C31H31F2N5O2S/c32-26-8-4-22(5-9-26)17-36-29(40)31(12-2-1-3-13-31)20-38-18-25(14-24-15-34-21-35-16-24)28(39)37-30(38)41-19-23-6-10-27(33)11-7-23/h4-11,15-16,18,21H,1-3,12-14,17,19-20H2,(H,36,40). The van der Waals surface area contributed by atoms with Gasteiger partial charge in [0, 0.05) is 49.4 Å². The maximum Gasteiger partial charge on any atom is 0.277 e. The molecule has 1 fully saturated rings. The van der Waals surface area contributed by atoms with Crippen molar-refractivity contribution < 1.29 is 13.6 Å². The van der Waals surface area contributed by atoms with Crippen LogP contribution in [0, 0.1) is 17.0 Å². The Labute approximate surface area is 241 Å². The van der Waals surface area contributed by atoms with Crippen molar-refractivity contribution >= 4 is 17.7 Å². The Bertz CT molecular complexity index is 1520. The molecule has 2 aromatic carbocycles. The second kappa shape index (κ2) is 13.2. The zero-order valence-corrected chi connectivity index (χ0v) is 23.4. The van der Waals surface area contributed by atoms with Gasteiger partial charge in [0.05, 0.1) is 5.41 Å². The Morgan fingerprint density at radius 3 is 2.20 bits per heavy atom. The van der Waals surface area contributed by atoms with E-state index in [1.54, 1.807) is 42.9 Å². The lowest BCUT2D eigenvalue weighted by atomic mass is 9.73. The number of benzene rings is 2. The fraction of sp³-hybridized carbons (Fsp3) is 0.323. The normalized spacial score (nSPS) is 14.5. The molecule has 0 aliphatic heterocycles. The average Bonchev–Trinajstić information content (AvgIpc) is 2.99. The van der Waals surface area contributed by atoms with Gasteiger partial charge in [-0.3, -0.25) is 9.59 Å². The van der Waals surface area contributed by atoms with Crippen molar-refractivity contribution in [3.63, 3.8) is 0 Å². The van der Waals surface area contributed by atoms with E-state index in [4.69, 9.17) is 0 Å². The van der Waals surface area contributed by atoms with E-state index in [0.29, 0.717) is 48.8 Å². The second-order valence-electron chi connectivity index (χ2n) is 10.5. The molecule has 0 atom stereocenters. The molecule has 5 rings (SSSR count). The number of carbonyl (C=O) groups excluding carboxylic acids is 1. The smallest absolute Gasteiger partial charge is 0.277 e. The van der Waals surface area contributed by atoms with Crippen LogP contribution in [0.5, 0.6) is 0 Å². The van der Waals surface area contributed by atoms with E-state index >= 15 is 0 Å². The van der Waals surface area contributed by atoms with Gasteiger partial charge in [0.1, 0.15) is 18.0 Å².